The number of rotatable bonds is 9. The van der Waals surface area contributed by atoms with Gasteiger partial charge in [0.05, 0.1) is 0 Å². The molecule has 1 aliphatic heterocycles. The summed E-state index contributed by atoms with van der Waals surface area (Å²) in [7, 11) is 2.20. The van der Waals surface area contributed by atoms with Gasteiger partial charge in [0, 0.05) is 25.7 Å². The molecule has 0 amide bonds. The molecule has 0 spiro atoms. The van der Waals surface area contributed by atoms with Gasteiger partial charge in [-0.15, -0.1) is 24.0 Å². The molecule has 0 aromatic carbocycles. The number of unbranched alkanes of at least 4 members (excludes halogenated alkanes) is 3. The van der Waals surface area contributed by atoms with Gasteiger partial charge in [0.1, 0.15) is 0 Å². The third-order valence-corrected chi connectivity index (χ3v) is 4.21. The molecule has 0 aromatic rings. The third-order valence-electron chi connectivity index (χ3n) is 4.21. The molecule has 1 fully saturated rings. The van der Waals surface area contributed by atoms with Gasteiger partial charge in [0.15, 0.2) is 5.96 Å². The van der Waals surface area contributed by atoms with E-state index in [-0.39, 0.29) is 24.0 Å². The van der Waals surface area contributed by atoms with Gasteiger partial charge >= 0.3 is 0 Å². The molecule has 0 bridgehead atoms. The summed E-state index contributed by atoms with van der Waals surface area (Å²) < 4.78 is 0. The molecule has 0 saturated carbocycles. The normalized spacial score (nSPS) is 20.5. The minimum Gasteiger partial charge on any atom is -0.357 e. The number of aliphatic imine (C=N–C) groups is 1. The zero-order valence-corrected chi connectivity index (χ0v) is 17.4. The summed E-state index contributed by atoms with van der Waals surface area (Å²) in [5, 5.41) is 6.93. The van der Waals surface area contributed by atoms with E-state index in [9.17, 15) is 0 Å². The zero-order valence-electron chi connectivity index (χ0n) is 15.0. The first-order chi connectivity index (χ1) is 10.2. The second kappa shape index (κ2) is 13.4. The van der Waals surface area contributed by atoms with E-state index in [0.717, 1.165) is 25.0 Å². The summed E-state index contributed by atoms with van der Waals surface area (Å²) >= 11 is 0. The highest BCUT2D eigenvalue weighted by Crippen LogP contribution is 2.14. The number of nitrogens with zero attached hydrogens (tertiary/aromatic N) is 2. The van der Waals surface area contributed by atoms with Gasteiger partial charge in [-0.3, -0.25) is 4.99 Å². The van der Waals surface area contributed by atoms with Gasteiger partial charge in [-0.05, 0) is 46.2 Å². The van der Waals surface area contributed by atoms with Crippen LogP contribution in [0.3, 0.4) is 0 Å². The first kappa shape index (κ1) is 22.0. The topological polar surface area (TPSA) is 39.7 Å². The lowest BCUT2D eigenvalue weighted by molar-refractivity contribution is 0.397. The fraction of sp³-hybridized carbons (Fsp3) is 0.941. The van der Waals surface area contributed by atoms with Crippen molar-refractivity contribution in [3.05, 3.63) is 0 Å². The molecule has 1 saturated heterocycles. The largest absolute Gasteiger partial charge is 0.357 e. The summed E-state index contributed by atoms with van der Waals surface area (Å²) in [6.07, 6.45) is 7.85. The molecule has 1 aliphatic rings. The van der Waals surface area contributed by atoms with Crippen LogP contribution in [0.2, 0.25) is 0 Å². The van der Waals surface area contributed by atoms with Crippen molar-refractivity contribution in [2.45, 2.75) is 65.3 Å². The highest BCUT2D eigenvalue weighted by atomic mass is 127. The van der Waals surface area contributed by atoms with Crippen molar-refractivity contribution in [2.24, 2.45) is 10.9 Å². The maximum Gasteiger partial charge on any atom is 0.191 e. The lowest BCUT2D eigenvalue weighted by atomic mass is 10.1. The summed E-state index contributed by atoms with van der Waals surface area (Å²) in [4.78, 5) is 7.18. The number of nitrogens with one attached hydrogen (secondary N) is 2. The number of halogens is 1. The molecule has 1 rings (SSSR count). The smallest absolute Gasteiger partial charge is 0.191 e. The quantitative estimate of drug-likeness (QED) is 0.258. The summed E-state index contributed by atoms with van der Waals surface area (Å²) in [5.74, 6) is 1.72. The fourth-order valence-electron chi connectivity index (χ4n) is 2.90. The first-order valence-corrected chi connectivity index (χ1v) is 8.89. The van der Waals surface area contributed by atoms with Gasteiger partial charge in [-0.25, -0.2) is 0 Å². The Hall–Kier alpha value is -0.0400. The van der Waals surface area contributed by atoms with E-state index >= 15 is 0 Å². The third kappa shape index (κ3) is 9.87. The van der Waals surface area contributed by atoms with Crippen molar-refractivity contribution < 1.29 is 0 Å². The molecule has 22 heavy (non-hydrogen) atoms. The van der Waals surface area contributed by atoms with E-state index in [1.807, 2.05) is 0 Å². The van der Waals surface area contributed by atoms with Gasteiger partial charge in [-0.2, -0.15) is 0 Å². The standard InChI is InChI=1S/C17H36N4.HI/c1-5-7-8-9-10-15(3)20-17(18-6-2)19-13-16-11-12-21(4)14-16;/h15-16H,5-14H2,1-4H3,(H2,18,19,20);1H. The van der Waals surface area contributed by atoms with Crippen LogP contribution in [0.25, 0.3) is 0 Å². The van der Waals surface area contributed by atoms with Crippen molar-refractivity contribution in [1.82, 2.24) is 15.5 Å². The van der Waals surface area contributed by atoms with E-state index in [1.54, 1.807) is 0 Å². The Balaban J connectivity index is 0.00000441. The predicted octanol–water partition coefficient (Wildman–Crippen LogP) is 3.47. The van der Waals surface area contributed by atoms with Crippen molar-refractivity contribution >= 4 is 29.9 Å². The van der Waals surface area contributed by atoms with Gasteiger partial charge < -0.3 is 15.5 Å². The Labute approximate surface area is 154 Å². The minimum atomic E-state index is 0. The zero-order chi connectivity index (χ0) is 15.5. The van der Waals surface area contributed by atoms with Crippen LogP contribution < -0.4 is 10.6 Å². The van der Waals surface area contributed by atoms with E-state index in [0.29, 0.717) is 6.04 Å². The predicted molar refractivity (Wildman–Crippen MR) is 108 cm³/mol. The molecular weight excluding hydrogens is 387 g/mol. The van der Waals surface area contributed by atoms with E-state index in [1.165, 1.54) is 51.6 Å². The Morgan fingerprint density at radius 3 is 2.64 bits per heavy atom. The number of hydrogen-bond donors (Lipinski definition) is 2. The van der Waals surface area contributed by atoms with Gasteiger partial charge in [-0.1, -0.05) is 32.6 Å². The fourth-order valence-corrected chi connectivity index (χ4v) is 2.90. The van der Waals surface area contributed by atoms with Crippen LogP contribution >= 0.6 is 24.0 Å². The molecule has 5 heteroatoms. The minimum absolute atomic E-state index is 0. The van der Waals surface area contributed by atoms with Crippen LogP contribution in [0, 0.1) is 5.92 Å². The lowest BCUT2D eigenvalue weighted by Crippen LogP contribution is -2.42. The van der Waals surface area contributed by atoms with Crippen LogP contribution in [0.1, 0.15) is 59.3 Å². The maximum absolute atomic E-state index is 4.78. The average molecular weight is 424 g/mol. The second-order valence-electron chi connectivity index (χ2n) is 6.53. The molecule has 2 atom stereocenters. The molecule has 0 aliphatic carbocycles. The summed E-state index contributed by atoms with van der Waals surface area (Å²) in [5.41, 5.74) is 0. The Kier molecular flexibility index (Phi) is 13.4. The van der Waals surface area contributed by atoms with Crippen molar-refractivity contribution in [3.8, 4) is 0 Å². The van der Waals surface area contributed by atoms with Crippen LogP contribution in [0.5, 0.6) is 0 Å². The van der Waals surface area contributed by atoms with Crippen LogP contribution in [-0.2, 0) is 0 Å². The molecular formula is C17H37IN4. The second-order valence-corrected chi connectivity index (χ2v) is 6.53. The molecule has 132 valence electrons. The monoisotopic (exact) mass is 424 g/mol. The highest BCUT2D eigenvalue weighted by Gasteiger charge is 2.19. The van der Waals surface area contributed by atoms with Crippen molar-refractivity contribution in [1.29, 1.82) is 0 Å². The van der Waals surface area contributed by atoms with Gasteiger partial charge in [0.2, 0.25) is 0 Å². The van der Waals surface area contributed by atoms with Crippen molar-refractivity contribution in [3.63, 3.8) is 0 Å². The maximum atomic E-state index is 4.78. The molecule has 2 unspecified atom stereocenters. The van der Waals surface area contributed by atoms with E-state index in [4.69, 9.17) is 4.99 Å². The van der Waals surface area contributed by atoms with Gasteiger partial charge in [0.25, 0.3) is 0 Å². The molecule has 0 radical (unpaired) electrons. The van der Waals surface area contributed by atoms with Crippen LogP contribution in [-0.4, -0.2) is 50.1 Å². The Morgan fingerprint density at radius 1 is 1.27 bits per heavy atom. The number of likely N-dealkylation sites (tertiary alicyclic amines) is 1. The van der Waals surface area contributed by atoms with E-state index in [2.05, 4.69) is 43.4 Å². The molecule has 2 N–H and O–H groups in total. The van der Waals surface area contributed by atoms with E-state index < -0.39 is 0 Å². The Bertz CT molecular complexity index is 296. The number of hydrogen-bond acceptors (Lipinski definition) is 2. The first-order valence-electron chi connectivity index (χ1n) is 8.89. The summed E-state index contributed by atoms with van der Waals surface area (Å²) in [6.45, 7) is 10.9. The lowest BCUT2D eigenvalue weighted by Gasteiger charge is -2.18. The molecule has 1 heterocycles. The highest BCUT2D eigenvalue weighted by molar-refractivity contribution is 14.0. The van der Waals surface area contributed by atoms with Crippen LogP contribution in [0.15, 0.2) is 4.99 Å². The SMILES string of the molecule is CCCCCCC(C)NC(=NCC1CCN(C)C1)NCC.I. The summed E-state index contributed by atoms with van der Waals surface area (Å²) in [6, 6.07) is 0.505. The molecule has 4 nitrogen and oxygen atoms in total. The van der Waals surface area contributed by atoms with Crippen LogP contribution in [0.4, 0.5) is 0 Å². The number of guanidine groups is 1. The van der Waals surface area contributed by atoms with Crippen molar-refractivity contribution in [2.75, 3.05) is 33.2 Å². The molecule has 0 aromatic heterocycles. The Morgan fingerprint density at radius 2 is 2.05 bits per heavy atom. The average Bonchev–Trinajstić information content (AvgIpc) is 2.87.